The van der Waals surface area contributed by atoms with E-state index in [0.717, 1.165) is 21.3 Å². The Bertz CT molecular complexity index is 1200. The Hall–Kier alpha value is -2.30. The summed E-state index contributed by atoms with van der Waals surface area (Å²) in [6, 6.07) is 2.51. The van der Waals surface area contributed by atoms with Gasteiger partial charge in [0.1, 0.15) is 17.1 Å². The summed E-state index contributed by atoms with van der Waals surface area (Å²) in [5.41, 5.74) is 11.8. The van der Waals surface area contributed by atoms with Gasteiger partial charge in [0.25, 0.3) is 11.8 Å². The zero-order valence-electron chi connectivity index (χ0n) is 18.3. The van der Waals surface area contributed by atoms with Crippen LogP contribution in [-0.2, 0) is 14.4 Å². The minimum atomic E-state index is -1.45. The van der Waals surface area contributed by atoms with Crippen LogP contribution in [0.3, 0.4) is 0 Å². The largest absolute Gasteiger partial charge is 1.00 e. The van der Waals surface area contributed by atoms with Gasteiger partial charge in [-0.2, -0.15) is 0 Å². The van der Waals surface area contributed by atoms with Crippen molar-refractivity contribution < 1.29 is 54.3 Å². The van der Waals surface area contributed by atoms with Crippen LogP contribution in [0.25, 0.3) is 0 Å². The maximum atomic E-state index is 12.8. The molecule has 2 atom stereocenters. The van der Waals surface area contributed by atoms with Crippen LogP contribution in [-0.4, -0.2) is 66.5 Å². The number of hydrogen-bond acceptors (Lipinski definition) is 13. The van der Waals surface area contributed by atoms with Crippen molar-refractivity contribution in [2.75, 3.05) is 23.0 Å². The van der Waals surface area contributed by atoms with Crippen LogP contribution in [0.1, 0.15) is 12.1 Å². The molecule has 4 rings (SSSR count). The standard InChI is InChI=1S/C19H19N7O5S3.Na/c20-9-1-2-11(22-5-9)32-4-3-8-6-33-17-13(16(28)26(17)14(8)18(29)30)24-15(27)12(25-31)10-7-34-19(21)23-10;/h1-2,5,7,13,17,31H,3-4,6,20H2,(H2,21,23)(H,24,27)(H,29,30);/q;+1/p-1/b25-12-;/t13-,17-;/m1./s1. The first-order valence-corrected chi connectivity index (χ1v) is 12.7. The number of nitrogens with zero attached hydrogens (tertiary/aromatic N) is 4. The molecule has 178 valence electrons. The first-order valence-electron chi connectivity index (χ1n) is 9.76. The predicted molar refractivity (Wildman–Crippen MR) is 126 cm³/mol. The quantitative estimate of drug-likeness (QED) is 0.0642. The number of anilines is 2. The van der Waals surface area contributed by atoms with Crippen LogP contribution < -0.4 is 51.4 Å². The van der Waals surface area contributed by atoms with Crippen molar-refractivity contribution in [2.24, 2.45) is 5.16 Å². The molecule has 2 aliphatic heterocycles. The van der Waals surface area contributed by atoms with E-state index in [0.29, 0.717) is 29.2 Å². The summed E-state index contributed by atoms with van der Waals surface area (Å²) in [7, 11) is 0. The smallest absolute Gasteiger partial charge is 0.543 e. The number of carboxylic acids is 1. The number of fused-ring (bicyclic) bond motifs is 1. The minimum Gasteiger partial charge on any atom is -0.543 e. The van der Waals surface area contributed by atoms with Crippen molar-refractivity contribution in [1.82, 2.24) is 20.2 Å². The van der Waals surface area contributed by atoms with Crippen molar-refractivity contribution >= 4 is 69.2 Å². The van der Waals surface area contributed by atoms with Crippen LogP contribution >= 0.6 is 34.9 Å². The Morgan fingerprint density at radius 1 is 1.37 bits per heavy atom. The van der Waals surface area contributed by atoms with E-state index in [1.54, 1.807) is 18.3 Å². The topological polar surface area (TPSA) is 200 Å². The predicted octanol–water partition coefficient (Wildman–Crippen LogP) is -3.53. The van der Waals surface area contributed by atoms with E-state index in [1.807, 2.05) is 0 Å². The van der Waals surface area contributed by atoms with E-state index in [4.69, 9.17) is 11.5 Å². The van der Waals surface area contributed by atoms with Crippen LogP contribution in [0.5, 0.6) is 0 Å². The molecule has 0 unspecified atom stereocenters. The van der Waals surface area contributed by atoms with Gasteiger partial charge in [-0.25, -0.2) is 9.97 Å². The number of amides is 2. The van der Waals surface area contributed by atoms with Crippen molar-refractivity contribution in [2.45, 2.75) is 22.9 Å². The third kappa shape index (κ3) is 5.76. The van der Waals surface area contributed by atoms with E-state index in [2.05, 4.69) is 20.4 Å². The van der Waals surface area contributed by atoms with Gasteiger partial charge in [0.2, 0.25) is 0 Å². The molecule has 16 heteroatoms. The molecule has 1 saturated heterocycles. The Balaban J connectivity index is 0.00000342. The van der Waals surface area contributed by atoms with Gasteiger partial charge in [-0.3, -0.25) is 14.5 Å². The molecular weight excluding hydrogens is 525 g/mol. The summed E-state index contributed by atoms with van der Waals surface area (Å²) in [6.07, 6.45) is 1.95. The summed E-state index contributed by atoms with van der Waals surface area (Å²) < 4.78 is 0. The van der Waals surface area contributed by atoms with Crippen molar-refractivity contribution in [1.29, 1.82) is 0 Å². The molecule has 1 fully saturated rings. The molecule has 0 aliphatic carbocycles. The molecule has 2 amide bonds. The SMILES string of the molecule is Nc1ccc(SCCC2=C(C(=O)[O-])N3C(=O)[C@@H](NC(=O)/C(=N\O)c4csc(N)n4)[C@H]3SC2)nc1.[Na+]. The summed E-state index contributed by atoms with van der Waals surface area (Å²) in [5.74, 6) is -1.98. The van der Waals surface area contributed by atoms with Crippen molar-refractivity contribution in [3.8, 4) is 0 Å². The molecule has 0 aromatic carbocycles. The fourth-order valence-corrected chi connectivity index (χ4v) is 6.22. The molecule has 2 aliphatic rings. The van der Waals surface area contributed by atoms with Gasteiger partial charge in [-0.15, -0.1) is 34.9 Å². The third-order valence-corrected chi connectivity index (χ3v) is 7.98. The van der Waals surface area contributed by atoms with Gasteiger partial charge < -0.3 is 31.9 Å². The number of carbonyl (C=O) groups excluding carboxylic acids is 3. The van der Waals surface area contributed by atoms with Gasteiger partial charge >= 0.3 is 29.6 Å². The molecule has 12 nitrogen and oxygen atoms in total. The van der Waals surface area contributed by atoms with E-state index in [1.165, 1.54) is 28.9 Å². The maximum absolute atomic E-state index is 12.8. The van der Waals surface area contributed by atoms with Crippen molar-refractivity contribution in [3.05, 3.63) is 40.7 Å². The average molecular weight is 544 g/mol. The number of aliphatic carboxylic acids is 1. The second kappa shape index (κ2) is 11.6. The number of β-lactam (4-membered cyclic amide) rings is 1. The van der Waals surface area contributed by atoms with Crippen LogP contribution in [0.15, 0.2) is 45.2 Å². The number of carbonyl (C=O) groups is 3. The van der Waals surface area contributed by atoms with Gasteiger partial charge in [0.05, 0.1) is 28.6 Å². The number of oxime groups is 1. The van der Waals surface area contributed by atoms with E-state index < -0.39 is 34.9 Å². The molecule has 0 radical (unpaired) electrons. The van der Waals surface area contributed by atoms with Crippen molar-refractivity contribution in [3.63, 3.8) is 0 Å². The number of nitrogens with two attached hydrogens (primary N) is 2. The number of aromatic nitrogens is 2. The van der Waals surface area contributed by atoms with E-state index >= 15 is 0 Å². The van der Waals surface area contributed by atoms with E-state index in [9.17, 15) is 24.7 Å². The summed E-state index contributed by atoms with van der Waals surface area (Å²) in [5, 5.41) is 28.3. The zero-order chi connectivity index (χ0) is 24.4. The second-order valence-electron chi connectivity index (χ2n) is 7.15. The molecular formula is C19H18N7NaO5S3. The summed E-state index contributed by atoms with van der Waals surface area (Å²) in [4.78, 5) is 46.4. The molecule has 2 aromatic heterocycles. The molecule has 6 N–H and O–H groups in total. The number of thioether (sulfide) groups is 2. The Kier molecular flexibility index (Phi) is 9.06. The molecule has 0 saturated carbocycles. The average Bonchev–Trinajstić information content (AvgIpc) is 3.24. The number of thiazole rings is 1. The normalized spacial score (nSPS) is 19.5. The Labute approximate surface area is 233 Å². The fourth-order valence-electron chi connectivity index (χ4n) is 3.44. The minimum absolute atomic E-state index is 0. The number of rotatable bonds is 8. The van der Waals surface area contributed by atoms with Crippen LogP contribution in [0, 0.1) is 0 Å². The fraction of sp³-hybridized carbons (Fsp3) is 0.263. The molecule has 0 spiro atoms. The molecule has 35 heavy (non-hydrogen) atoms. The zero-order valence-corrected chi connectivity index (χ0v) is 22.8. The first-order chi connectivity index (χ1) is 16.3. The second-order valence-corrected chi connectivity index (χ2v) is 10.3. The van der Waals surface area contributed by atoms with Gasteiger partial charge in [-0.1, -0.05) is 5.16 Å². The molecule has 2 aromatic rings. The number of pyridine rings is 1. The van der Waals surface area contributed by atoms with Gasteiger partial charge in [0, 0.05) is 16.9 Å². The number of hydrogen-bond donors (Lipinski definition) is 4. The van der Waals surface area contributed by atoms with Crippen LogP contribution in [0.4, 0.5) is 10.8 Å². The Morgan fingerprint density at radius 3 is 2.74 bits per heavy atom. The molecule has 4 heterocycles. The number of nitrogen functional groups attached to an aromatic ring is 2. The third-order valence-electron chi connectivity index (χ3n) is 5.02. The monoisotopic (exact) mass is 543 g/mol. The van der Waals surface area contributed by atoms with Gasteiger partial charge in [-0.05, 0) is 24.1 Å². The van der Waals surface area contributed by atoms with Crippen LogP contribution in [0.2, 0.25) is 0 Å². The van der Waals surface area contributed by atoms with E-state index in [-0.39, 0.29) is 46.1 Å². The summed E-state index contributed by atoms with van der Waals surface area (Å²) in [6.45, 7) is 0. The number of nitrogens with one attached hydrogen (secondary N) is 1. The first kappa shape index (κ1) is 27.3. The van der Waals surface area contributed by atoms with Gasteiger partial charge in [0.15, 0.2) is 10.8 Å². The maximum Gasteiger partial charge on any atom is 1.00 e. The summed E-state index contributed by atoms with van der Waals surface area (Å²) >= 11 is 3.82. The number of carboxylic acid groups (broad SMARTS) is 1. The Morgan fingerprint density at radius 2 is 2.14 bits per heavy atom. The molecule has 0 bridgehead atoms.